The number of carbonyl (C=O) groups excluding carboxylic acids is 2. The molecule has 1 aliphatic heterocycles. The van der Waals surface area contributed by atoms with Gasteiger partial charge in [0.25, 0.3) is 10.0 Å². The van der Waals surface area contributed by atoms with Crippen LogP contribution in [0.15, 0.2) is 59.5 Å². The minimum Gasteiger partial charge on any atom is -0.459 e. The maximum Gasteiger partial charge on any atom is 0.330 e. The Morgan fingerprint density at radius 1 is 1.11 bits per heavy atom. The van der Waals surface area contributed by atoms with Gasteiger partial charge < -0.3 is 4.74 Å². The zero-order chi connectivity index (χ0) is 20.3. The lowest BCUT2D eigenvalue weighted by molar-refractivity contribution is -0.150. The topological polar surface area (TPSA) is 80.8 Å². The standard InChI is InChI=1S/C21H23NO5S/c1-3-17-13-19(21(24)27-14-16-7-5-4-6-8-16)22(20(17)23)28(25,26)18-11-9-15(2)10-12-18/h4-12,17,19H,3,13-14H2,1-2H3/t17-,19+/m1/s1. The molecule has 0 bridgehead atoms. The first-order valence-electron chi connectivity index (χ1n) is 9.20. The Hall–Kier alpha value is -2.67. The second kappa shape index (κ2) is 8.14. The SMILES string of the molecule is CC[C@@H]1C[C@@H](C(=O)OCc2ccccc2)N(S(=O)(=O)c2ccc(C)cc2)C1=O. The van der Waals surface area contributed by atoms with Crippen molar-refractivity contribution < 1.29 is 22.7 Å². The van der Waals surface area contributed by atoms with E-state index in [1.807, 2.05) is 37.3 Å². The molecule has 2 atom stereocenters. The van der Waals surface area contributed by atoms with Crippen LogP contribution in [0.2, 0.25) is 0 Å². The van der Waals surface area contributed by atoms with Crippen LogP contribution in [0.25, 0.3) is 0 Å². The first-order chi connectivity index (χ1) is 13.3. The number of aryl methyl sites for hydroxylation is 1. The molecular weight excluding hydrogens is 378 g/mol. The highest BCUT2D eigenvalue weighted by atomic mass is 32.2. The molecule has 2 aromatic carbocycles. The third-order valence-corrected chi connectivity index (χ3v) is 6.74. The number of esters is 1. The Kier molecular flexibility index (Phi) is 5.84. The van der Waals surface area contributed by atoms with Crippen LogP contribution in [0.5, 0.6) is 0 Å². The van der Waals surface area contributed by atoms with Gasteiger partial charge in [-0.25, -0.2) is 17.5 Å². The first kappa shape index (κ1) is 20.1. The summed E-state index contributed by atoms with van der Waals surface area (Å²) in [6.07, 6.45) is 0.593. The van der Waals surface area contributed by atoms with E-state index in [9.17, 15) is 18.0 Å². The molecule has 2 aromatic rings. The summed E-state index contributed by atoms with van der Waals surface area (Å²) in [6.45, 7) is 3.67. The van der Waals surface area contributed by atoms with Crippen LogP contribution in [0.1, 0.15) is 30.9 Å². The van der Waals surface area contributed by atoms with E-state index in [1.54, 1.807) is 19.1 Å². The molecular formula is C21H23NO5S. The van der Waals surface area contributed by atoms with Crippen LogP contribution in [0, 0.1) is 12.8 Å². The van der Waals surface area contributed by atoms with Gasteiger partial charge in [0, 0.05) is 5.92 Å². The summed E-state index contributed by atoms with van der Waals surface area (Å²) in [5, 5.41) is 0. The van der Waals surface area contributed by atoms with E-state index in [4.69, 9.17) is 4.74 Å². The molecule has 7 heteroatoms. The number of nitrogens with zero attached hydrogens (tertiary/aromatic N) is 1. The number of ether oxygens (including phenoxy) is 1. The van der Waals surface area contributed by atoms with E-state index in [0.717, 1.165) is 15.4 Å². The van der Waals surface area contributed by atoms with Gasteiger partial charge in [0.2, 0.25) is 5.91 Å². The van der Waals surface area contributed by atoms with Crippen LogP contribution in [0.3, 0.4) is 0 Å². The molecule has 28 heavy (non-hydrogen) atoms. The number of rotatable bonds is 6. The molecule has 0 aromatic heterocycles. The smallest absolute Gasteiger partial charge is 0.330 e. The lowest BCUT2D eigenvalue weighted by Crippen LogP contribution is -2.43. The Bertz CT molecular complexity index is 954. The van der Waals surface area contributed by atoms with Gasteiger partial charge >= 0.3 is 5.97 Å². The summed E-state index contributed by atoms with van der Waals surface area (Å²) in [7, 11) is -4.14. The molecule has 0 spiro atoms. The van der Waals surface area contributed by atoms with Crippen molar-refractivity contribution in [2.24, 2.45) is 5.92 Å². The van der Waals surface area contributed by atoms with Crippen molar-refractivity contribution in [3.05, 3.63) is 65.7 Å². The second-order valence-corrected chi connectivity index (χ2v) is 8.72. The van der Waals surface area contributed by atoms with E-state index >= 15 is 0 Å². The van der Waals surface area contributed by atoms with Gasteiger partial charge in [-0.2, -0.15) is 0 Å². The maximum atomic E-state index is 13.1. The van der Waals surface area contributed by atoms with Crippen LogP contribution in [-0.4, -0.2) is 30.6 Å². The Morgan fingerprint density at radius 3 is 2.36 bits per heavy atom. The van der Waals surface area contributed by atoms with Gasteiger partial charge in [0.1, 0.15) is 12.6 Å². The predicted molar refractivity (Wildman–Crippen MR) is 104 cm³/mol. The van der Waals surface area contributed by atoms with Crippen molar-refractivity contribution in [3.63, 3.8) is 0 Å². The molecule has 148 valence electrons. The summed E-state index contributed by atoms with van der Waals surface area (Å²) in [5.74, 6) is -1.77. The minimum atomic E-state index is -4.14. The largest absolute Gasteiger partial charge is 0.459 e. The summed E-state index contributed by atoms with van der Waals surface area (Å²) in [5.41, 5.74) is 1.69. The molecule has 0 aliphatic carbocycles. The zero-order valence-electron chi connectivity index (χ0n) is 15.9. The van der Waals surface area contributed by atoms with E-state index < -0.39 is 33.9 Å². The molecule has 1 fully saturated rings. The Balaban J connectivity index is 1.86. The number of hydrogen-bond donors (Lipinski definition) is 0. The van der Waals surface area contributed by atoms with E-state index in [1.165, 1.54) is 12.1 Å². The fraction of sp³-hybridized carbons (Fsp3) is 0.333. The number of carbonyl (C=O) groups is 2. The molecule has 1 heterocycles. The van der Waals surface area contributed by atoms with Crippen LogP contribution >= 0.6 is 0 Å². The van der Waals surface area contributed by atoms with Crippen molar-refractivity contribution in [3.8, 4) is 0 Å². The monoisotopic (exact) mass is 401 g/mol. The molecule has 6 nitrogen and oxygen atoms in total. The van der Waals surface area contributed by atoms with Crippen molar-refractivity contribution >= 4 is 21.9 Å². The normalized spacial score (nSPS) is 19.6. The van der Waals surface area contributed by atoms with Crippen molar-refractivity contribution in [1.29, 1.82) is 0 Å². The van der Waals surface area contributed by atoms with Gasteiger partial charge in [-0.3, -0.25) is 4.79 Å². The van der Waals surface area contributed by atoms with Gasteiger partial charge in [-0.15, -0.1) is 0 Å². The van der Waals surface area contributed by atoms with Gasteiger partial charge in [0.15, 0.2) is 0 Å². The van der Waals surface area contributed by atoms with E-state index in [-0.39, 0.29) is 17.9 Å². The predicted octanol–water partition coefficient (Wildman–Crippen LogP) is 3.05. The maximum absolute atomic E-state index is 13.1. The highest BCUT2D eigenvalue weighted by Crippen LogP contribution is 2.33. The average Bonchev–Trinajstić information content (AvgIpc) is 3.04. The lowest BCUT2D eigenvalue weighted by Gasteiger charge is -2.23. The molecule has 1 saturated heterocycles. The van der Waals surface area contributed by atoms with Crippen LogP contribution < -0.4 is 0 Å². The first-order valence-corrected chi connectivity index (χ1v) is 10.6. The Labute approximate surface area is 165 Å². The Morgan fingerprint density at radius 2 is 1.75 bits per heavy atom. The highest BCUT2D eigenvalue weighted by Gasteiger charge is 2.49. The molecule has 0 N–H and O–H groups in total. The third-order valence-electron chi connectivity index (χ3n) is 4.92. The molecule has 0 radical (unpaired) electrons. The number of amides is 1. The number of benzene rings is 2. The minimum absolute atomic E-state index is 0.0101. The van der Waals surface area contributed by atoms with Crippen LogP contribution in [0.4, 0.5) is 0 Å². The second-order valence-electron chi connectivity index (χ2n) is 6.90. The van der Waals surface area contributed by atoms with Crippen molar-refractivity contribution in [1.82, 2.24) is 4.31 Å². The van der Waals surface area contributed by atoms with E-state index in [2.05, 4.69) is 0 Å². The van der Waals surface area contributed by atoms with Crippen molar-refractivity contribution in [2.45, 2.75) is 44.2 Å². The highest BCUT2D eigenvalue weighted by molar-refractivity contribution is 7.89. The van der Waals surface area contributed by atoms with Gasteiger partial charge in [0.05, 0.1) is 4.90 Å². The zero-order valence-corrected chi connectivity index (χ0v) is 16.7. The fourth-order valence-corrected chi connectivity index (χ4v) is 4.87. The third kappa shape index (κ3) is 3.94. The number of sulfonamides is 1. The van der Waals surface area contributed by atoms with Crippen LogP contribution in [-0.2, 0) is 31.0 Å². The quantitative estimate of drug-likeness (QED) is 0.695. The molecule has 3 rings (SSSR count). The van der Waals surface area contributed by atoms with Gasteiger partial charge in [-0.05, 0) is 37.5 Å². The molecule has 1 amide bonds. The molecule has 0 saturated carbocycles. The van der Waals surface area contributed by atoms with Gasteiger partial charge in [-0.1, -0.05) is 55.0 Å². The summed E-state index contributed by atoms with van der Waals surface area (Å²) >= 11 is 0. The lowest BCUT2D eigenvalue weighted by atomic mass is 10.0. The molecule has 0 unspecified atom stereocenters. The fourth-order valence-electron chi connectivity index (χ4n) is 3.27. The number of hydrogen-bond acceptors (Lipinski definition) is 5. The summed E-state index contributed by atoms with van der Waals surface area (Å²) in [4.78, 5) is 25.4. The summed E-state index contributed by atoms with van der Waals surface area (Å²) < 4.78 is 32.3. The summed E-state index contributed by atoms with van der Waals surface area (Å²) in [6, 6.07) is 14.2. The average molecular weight is 401 g/mol. The van der Waals surface area contributed by atoms with Crippen molar-refractivity contribution in [2.75, 3.05) is 0 Å². The van der Waals surface area contributed by atoms with E-state index in [0.29, 0.717) is 6.42 Å². The molecule has 1 aliphatic rings.